The van der Waals surface area contributed by atoms with Crippen LogP contribution in [0.1, 0.15) is 17.3 Å². The van der Waals surface area contributed by atoms with E-state index in [9.17, 15) is 9.59 Å². The van der Waals surface area contributed by atoms with Crippen molar-refractivity contribution in [1.29, 1.82) is 0 Å². The third-order valence-electron chi connectivity index (χ3n) is 3.95. The molecule has 3 rings (SSSR count). The van der Waals surface area contributed by atoms with E-state index in [0.717, 1.165) is 5.56 Å². The molecule has 0 radical (unpaired) electrons. The van der Waals surface area contributed by atoms with Gasteiger partial charge in [0.1, 0.15) is 12.1 Å². The fraction of sp³-hybridized carbons (Fsp3) is 0.200. The van der Waals surface area contributed by atoms with Crippen molar-refractivity contribution in [3.63, 3.8) is 0 Å². The van der Waals surface area contributed by atoms with Gasteiger partial charge in [0, 0.05) is 23.9 Å². The van der Waals surface area contributed by atoms with Crippen LogP contribution in [-0.2, 0) is 11.8 Å². The van der Waals surface area contributed by atoms with E-state index in [0.29, 0.717) is 29.4 Å². The number of nitrogens with zero attached hydrogens (tertiary/aromatic N) is 3. The molecule has 0 atom stereocenters. The summed E-state index contributed by atoms with van der Waals surface area (Å²) >= 11 is 0. The van der Waals surface area contributed by atoms with Crippen molar-refractivity contribution in [2.45, 2.75) is 6.92 Å². The zero-order valence-corrected chi connectivity index (χ0v) is 15.7. The minimum Gasteiger partial charge on any atom is -0.494 e. The Hall–Kier alpha value is -3.68. The Labute approximate surface area is 162 Å². The molecule has 0 bridgehead atoms. The number of carbonyl (C=O) groups is 2. The maximum absolute atomic E-state index is 12.2. The lowest BCUT2D eigenvalue weighted by Gasteiger charge is -2.09. The normalized spacial score (nSPS) is 10.4. The van der Waals surface area contributed by atoms with Crippen LogP contribution in [0, 0.1) is 0 Å². The zero-order valence-electron chi connectivity index (χ0n) is 15.7. The van der Waals surface area contributed by atoms with E-state index < -0.39 is 0 Å². The maximum Gasteiger partial charge on any atom is 0.251 e. The number of amides is 2. The van der Waals surface area contributed by atoms with Gasteiger partial charge in [0.05, 0.1) is 13.2 Å². The highest BCUT2D eigenvalue weighted by atomic mass is 16.5. The van der Waals surface area contributed by atoms with E-state index in [-0.39, 0.29) is 18.4 Å². The van der Waals surface area contributed by atoms with Crippen LogP contribution in [0.2, 0.25) is 0 Å². The minimum absolute atomic E-state index is 0.139. The number of rotatable bonds is 7. The molecule has 1 aromatic heterocycles. The SMILES string of the molecule is CCOc1ccc(C(=O)NCC(=O)Nc2cccc(-c3nncn3C)c2)cc1. The Bertz CT molecular complexity index is 966. The summed E-state index contributed by atoms with van der Waals surface area (Å²) in [6.07, 6.45) is 1.61. The van der Waals surface area contributed by atoms with Crippen LogP contribution in [0.5, 0.6) is 5.75 Å². The summed E-state index contributed by atoms with van der Waals surface area (Å²) in [7, 11) is 1.84. The van der Waals surface area contributed by atoms with Crippen molar-refractivity contribution in [1.82, 2.24) is 20.1 Å². The molecule has 2 N–H and O–H groups in total. The summed E-state index contributed by atoms with van der Waals surface area (Å²) in [6, 6.07) is 14.0. The second kappa shape index (κ2) is 8.81. The molecule has 0 unspecified atom stereocenters. The van der Waals surface area contributed by atoms with Gasteiger partial charge in [-0.15, -0.1) is 10.2 Å². The fourth-order valence-corrected chi connectivity index (χ4v) is 2.62. The van der Waals surface area contributed by atoms with Crippen molar-refractivity contribution >= 4 is 17.5 Å². The molecule has 8 heteroatoms. The van der Waals surface area contributed by atoms with Crippen LogP contribution < -0.4 is 15.4 Å². The van der Waals surface area contributed by atoms with E-state index in [2.05, 4.69) is 20.8 Å². The summed E-state index contributed by atoms with van der Waals surface area (Å²) in [5.74, 6) is 0.736. The minimum atomic E-state index is -0.328. The molecule has 2 amide bonds. The molecule has 0 aliphatic carbocycles. The fourth-order valence-electron chi connectivity index (χ4n) is 2.62. The van der Waals surface area contributed by atoms with Crippen LogP contribution in [0.4, 0.5) is 5.69 Å². The Kier molecular flexibility index (Phi) is 6.01. The second-order valence-electron chi connectivity index (χ2n) is 6.03. The summed E-state index contributed by atoms with van der Waals surface area (Å²) < 4.78 is 7.13. The second-order valence-corrected chi connectivity index (χ2v) is 6.03. The number of hydrogen-bond acceptors (Lipinski definition) is 5. The van der Waals surface area contributed by atoms with Crippen LogP contribution in [0.25, 0.3) is 11.4 Å². The number of ether oxygens (including phenoxy) is 1. The van der Waals surface area contributed by atoms with E-state index in [1.807, 2.05) is 26.1 Å². The monoisotopic (exact) mass is 379 g/mol. The van der Waals surface area contributed by atoms with E-state index in [1.165, 1.54) is 0 Å². The highest BCUT2D eigenvalue weighted by Gasteiger charge is 2.10. The van der Waals surface area contributed by atoms with Crippen LogP contribution in [0.15, 0.2) is 54.9 Å². The average Bonchev–Trinajstić information content (AvgIpc) is 3.13. The molecule has 28 heavy (non-hydrogen) atoms. The lowest BCUT2D eigenvalue weighted by molar-refractivity contribution is -0.115. The van der Waals surface area contributed by atoms with Gasteiger partial charge >= 0.3 is 0 Å². The van der Waals surface area contributed by atoms with Crippen molar-refractivity contribution in [2.24, 2.45) is 7.05 Å². The molecule has 8 nitrogen and oxygen atoms in total. The zero-order chi connectivity index (χ0) is 19.9. The topological polar surface area (TPSA) is 98.1 Å². The molecular formula is C20H21N5O3. The first-order valence-corrected chi connectivity index (χ1v) is 8.82. The van der Waals surface area contributed by atoms with Gasteiger partial charge in [0.25, 0.3) is 5.91 Å². The highest BCUT2D eigenvalue weighted by Crippen LogP contribution is 2.20. The lowest BCUT2D eigenvalue weighted by atomic mass is 10.2. The molecular weight excluding hydrogens is 358 g/mol. The first-order valence-electron chi connectivity index (χ1n) is 8.82. The van der Waals surface area contributed by atoms with Gasteiger partial charge < -0.3 is 19.9 Å². The number of aromatic nitrogens is 3. The Morgan fingerprint density at radius 3 is 2.61 bits per heavy atom. The number of nitrogens with one attached hydrogen (secondary N) is 2. The van der Waals surface area contributed by atoms with Gasteiger partial charge in [-0.2, -0.15) is 0 Å². The molecule has 3 aromatic rings. The Balaban J connectivity index is 1.56. The van der Waals surface area contributed by atoms with Gasteiger partial charge in [-0.3, -0.25) is 9.59 Å². The smallest absolute Gasteiger partial charge is 0.251 e. The number of carbonyl (C=O) groups excluding carboxylic acids is 2. The summed E-state index contributed by atoms with van der Waals surface area (Å²) in [5, 5.41) is 13.3. The molecule has 2 aromatic carbocycles. The first-order chi connectivity index (χ1) is 13.6. The molecule has 1 heterocycles. The van der Waals surface area contributed by atoms with Gasteiger partial charge in [0.2, 0.25) is 5.91 Å². The quantitative estimate of drug-likeness (QED) is 0.656. The van der Waals surface area contributed by atoms with Gasteiger partial charge in [-0.25, -0.2) is 0 Å². The summed E-state index contributed by atoms with van der Waals surface area (Å²) in [4.78, 5) is 24.3. The van der Waals surface area contributed by atoms with Crippen molar-refractivity contribution in [2.75, 3.05) is 18.5 Å². The average molecular weight is 379 g/mol. The molecule has 0 spiro atoms. The summed E-state index contributed by atoms with van der Waals surface area (Å²) in [5.41, 5.74) is 1.90. The molecule has 0 fully saturated rings. The summed E-state index contributed by atoms with van der Waals surface area (Å²) in [6.45, 7) is 2.31. The van der Waals surface area contributed by atoms with E-state index in [4.69, 9.17) is 4.74 Å². The van der Waals surface area contributed by atoms with Crippen LogP contribution in [-0.4, -0.2) is 39.7 Å². The van der Waals surface area contributed by atoms with Crippen molar-refractivity contribution in [3.05, 3.63) is 60.4 Å². The molecule has 0 aliphatic rings. The Morgan fingerprint density at radius 1 is 1.14 bits per heavy atom. The predicted octanol–water partition coefficient (Wildman–Crippen LogP) is 2.25. The lowest BCUT2D eigenvalue weighted by Crippen LogP contribution is -2.32. The van der Waals surface area contributed by atoms with Crippen LogP contribution >= 0.6 is 0 Å². The number of anilines is 1. The van der Waals surface area contributed by atoms with Gasteiger partial charge in [-0.1, -0.05) is 12.1 Å². The standard InChI is InChI=1S/C20H21N5O3/c1-3-28-17-9-7-14(8-10-17)20(27)21-12-18(26)23-16-6-4-5-15(11-16)19-24-22-13-25(19)2/h4-11,13H,3,12H2,1-2H3,(H,21,27)(H,23,26). The van der Waals surface area contributed by atoms with E-state index >= 15 is 0 Å². The Morgan fingerprint density at radius 2 is 1.93 bits per heavy atom. The largest absolute Gasteiger partial charge is 0.494 e. The van der Waals surface area contributed by atoms with Crippen molar-refractivity contribution < 1.29 is 14.3 Å². The highest BCUT2D eigenvalue weighted by molar-refractivity contribution is 5.99. The molecule has 0 aliphatic heterocycles. The molecule has 0 saturated carbocycles. The number of benzene rings is 2. The number of hydrogen-bond donors (Lipinski definition) is 2. The first kappa shape index (κ1) is 19.1. The third-order valence-corrected chi connectivity index (χ3v) is 3.95. The van der Waals surface area contributed by atoms with Gasteiger partial charge in [0.15, 0.2) is 5.82 Å². The molecule has 144 valence electrons. The number of aryl methyl sites for hydroxylation is 1. The molecule has 0 saturated heterocycles. The van der Waals surface area contributed by atoms with Crippen molar-refractivity contribution in [3.8, 4) is 17.1 Å². The van der Waals surface area contributed by atoms with Crippen LogP contribution in [0.3, 0.4) is 0 Å². The van der Waals surface area contributed by atoms with Gasteiger partial charge in [-0.05, 0) is 43.3 Å². The van der Waals surface area contributed by atoms with E-state index in [1.54, 1.807) is 47.3 Å². The third kappa shape index (κ3) is 4.73. The predicted molar refractivity (Wildman–Crippen MR) is 105 cm³/mol. The maximum atomic E-state index is 12.2.